The van der Waals surface area contributed by atoms with Crippen molar-refractivity contribution in [2.24, 2.45) is 5.73 Å². The number of rotatable bonds is 1. The maximum atomic E-state index is 12.5. The lowest BCUT2D eigenvalue weighted by molar-refractivity contribution is -0.138. The predicted molar refractivity (Wildman–Crippen MR) is 56.8 cm³/mol. The molecule has 0 saturated carbocycles. The van der Waals surface area contributed by atoms with E-state index < -0.39 is 11.7 Å². The van der Waals surface area contributed by atoms with Crippen LogP contribution in [-0.4, -0.2) is 0 Å². The van der Waals surface area contributed by atoms with E-state index in [-0.39, 0.29) is 12.1 Å². The zero-order valence-electron chi connectivity index (χ0n) is 7.45. The van der Waals surface area contributed by atoms with E-state index in [0.29, 0.717) is 5.56 Å². The minimum atomic E-state index is -4.29. The Balaban J connectivity index is 3.32. The molecule has 0 spiro atoms. The van der Waals surface area contributed by atoms with E-state index in [4.69, 9.17) is 5.73 Å². The molecule has 0 aliphatic carbocycles. The summed E-state index contributed by atoms with van der Waals surface area (Å²) < 4.78 is 38.1. The molecule has 0 heterocycles. The number of alkyl halides is 3. The molecule has 0 aromatic heterocycles. The van der Waals surface area contributed by atoms with Crippen molar-refractivity contribution < 1.29 is 13.2 Å². The van der Waals surface area contributed by atoms with E-state index >= 15 is 0 Å². The molecule has 0 fully saturated rings. The Hall–Kier alpha value is -0.300. The van der Waals surface area contributed by atoms with Gasteiger partial charge >= 0.3 is 6.18 Å². The fourth-order valence-electron chi connectivity index (χ4n) is 1.18. The Morgan fingerprint density at radius 1 is 1.36 bits per heavy atom. The molecular formula is C9H9F3IN. The first-order chi connectivity index (χ1) is 6.36. The number of aryl methyl sites for hydroxylation is 1. The molecule has 1 aromatic carbocycles. The van der Waals surface area contributed by atoms with Crippen molar-refractivity contribution in [3.05, 3.63) is 32.4 Å². The summed E-state index contributed by atoms with van der Waals surface area (Å²) >= 11 is 1.98. The highest BCUT2D eigenvalue weighted by molar-refractivity contribution is 14.1. The summed E-state index contributed by atoms with van der Waals surface area (Å²) in [4.78, 5) is 0. The minimum Gasteiger partial charge on any atom is -0.326 e. The topological polar surface area (TPSA) is 26.0 Å². The van der Waals surface area contributed by atoms with E-state index in [2.05, 4.69) is 0 Å². The summed E-state index contributed by atoms with van der Waals surface area (Å²) in [6.07, 6.45) is -4.29. The van der Waals surface area contributed by atoms with Crippen molar-refractivity contribution >= 4 is 22.6 Å². The molecule has 1 aromatic rings. The minimum absolute atomic E-state index is 0.127. The molecule has 0 amide bonds. The second-order valence-electron chi connectivity index (χ2n) is 2.96. The van der Waals surface area contributed by atoms with Gasteiger partial charge in [0, 0.05) is 10.1 Å². The third kappa shape index (κ3) is 2.38. The van der Waals surface area contributed by atoms with Crippen molar-refractivity contribution in [2.75, 3.05) is 0 Å². The zero-order chi connectivity index (χ0) is 10.9. The first-order valence-electron chi connectivity index (χ1n) is 3.92. The van der Waals surface area contributed by atoms with Crippen LogP contribution >= 0.6 is 22.6 Å². The summed E-state index contributed by atoms with van der Waals surface area (Å²) in [5, 5.41) is 0. The van der Waals surface area contributed by atoms with Crippen LogP contribution in [0.25, 0.3) is 0 Å². The SMILES string of the molecule is Cc1cc(I)c(CN)cc1C(F)(F)F. The first kappa shape index (κ1) is 11.8. The Bertz CT molecular complexity index is 347. The number of hydrogen-bond donors (Lipinski definition) is 1. The van der Waals surface area contributed by atoms with Crippen LogP contribution in [-0.2, 0) is 12.7 Å². The standard InChI is InChI=1S/C9H9F3IN/c1-5-2-8(13)6(4-14)3-7(5)9(10,11)12/h2-3H,4,14H2,1H3. The predicted octanol–water partition coefficient (Wildman–Crippen LogP) is 3.08. The number of benzene rings is 1. The molecule has 5 heteroatoms. The summed E-state index contributed by atoms with van der Waals surface area (Å²) in [6, 6.07) is 2.63. The lowest BCUT2D eigenvalue weighted by atomic mass is 10.0. The molecule has 0 radical (unpaired) electrons. The highest BCUT2D eigenvalue weighted by atomic mass is 127. The number of nitrogens with two attached hydrogens (primary N) is 1. The van der Waals surface area contributed by atoms with Gasteiger partial charge in [-0.2, -0.15) is 13.2 Å². The van der Waals surface area contributed by atoms with E-state index in [0.717, 1.165) is 9.64 Å². The lowest BCUT2D eigenvalue weighted by Crippen LogP contribution is -2.10. The summed E-state index contributed by atoms with van der Waals surface area (Å²) in [5.74, 6) is 0. The van der Waals surface area contributed by atoms with Crippen molar-refractivity contribution in [2.45, 2.75) is 19.6 Å². The smallest absolute Gasteiger partial charge is 0.326 e. The molecule has 0 bridgehead atoms. The van der Waals surface area contributed by atoms with Crippen LogP contribution < -0.4 is 5.73 Å². The molecule has 1 nitrogen and oxygen atoms in total. The van der Waals surface area contributed by atoms with Crippen molar-refractivity contribution in [1.29, 1.82) is 0 Å². The van der Waals surface area contributed by atoms with Crippen LogP contribution in [0.15, 0.2) is 12.1 Å². The molecule has 0 atom stereocenters. The maximum Gasteiger partial charge on any atom is 0.416 e. The van der Waals surface area contributed by atoms with Gasteiger partial charge in [-0.15, -0.1) is 0 Å². The van der Waals surface area contributed by atoms with E-state index in [1.807, 2.05) is 22.6 Å². The molecule has 0 unspecified atom stereocenters. The van der Waals surface area contributed by atoms with Crippen molar-refractivity contribution in [3.8, 4) is 0 Å². The normalized spacial score (nSPS) is 11.9. The third-order valence-corrected chi connectivity index (χ3v) is 2.92. The van der Waals surface area contributed by atoms with Crippen molar-refractivity contribution in [3.63, 3.8) is 0 Å². The second-order valence-corrected chi connectivity index (χ2v) is 4.12. The van der Waals surface area contributed by atoms with Crippen LogP contribution in [0.4, 0.5) is 13.2 Å². The van der Waals surface area contributed by atoms with Crippen LogP contribution in [0.3, 0.4) is 0 Å². The Kier molecular flexibility index (Phi) is 3.41. The summed E-state index contributed by atoms with van der Waals surface area (Å²) in [7, 11) is 0. The molecule has 0 aliphatic rings. The van der Waals surface area contributed by atoms with Gasteiger partial charge in [0.1, 0.15) is 0 Å². The van der Waals surface area contributed by atoms with Crippen LogP contribution in [0, 0.1) is 10.5 Å². The average Bonchev–Trinajstić information content (AvgIpc) is 2.02. The Morgan fingerprint density at radius 3 is 2.36 bits per heavy atom. The quantitative estimate of drug-likeness (QED) is 0.792. The molecule has 78 valence electrons. The van der Waals surface area contributed by atoms with E-state index in [9.17, 15) is 13.2 Å². The largest absolute Gasteiger partial charge is 0.416 e. The fourth-order valence-corrected chi connectivity index (χ4v) is 2.02. The Labute approximate surface area is 93.6 Å². The monoisotopic (exact) mass is 315 g/mol. The highest BCUT2D eigenvalue weighted by Gasteiger charge is 2.32. The number of hydrogen-bond acceptors (Lipinski definition) is 1. The van der Waals surface area contributed by atoms with Gasteiger partial charge in [0.15, 0.2) is 0 Å². The average molecular weight is 315 g/mol. The molecular weight excluding hydrogens is 306 g/mol. The molecule has 1 rings (SSSR count). The molecule has 0 aliphatic heterocycles. The molecule has 2 N–H and O–H groups in total. The second kappa shape index (κ2) is 4.06. The molecule has 14 heavy (non-hydrogen) atoms. The molecule has 0 saturated heterocycles. The lowest BCUT2D eigenvalue weighted by Gasteiger charge is -2.12. The van der Waals surface area contributed by atoms with E-state index in [1.54, 1.807) is 0 Å². The van der Waals surface area contributed by atoms with Gasteiger partial charge < -0.3 is 5.73 Å². The van der Waals surface area contributed by atoms with Gasteiger partial charge in [0.2, 0.25) is 0 Å². The van der Waals surface area contributed by atoms with Gasteiger partial charge in [-0.1, -0.05) is 0 Å². The van der Waals surface area contributed by atoms with Crippen LogP contribution in [0.1, 0.15) is 16.7 Å². The van der Waals surface area contributed by atoms with Gasteiger partial charge in [0.25, 0.3) is 0 Å². The van der Waals surface area contributed by atoms with Gasteiger partial charge in [-0.25, -0.2) is 0 Å². The summed E-state index contributed by atoms with van der Waals surface area (Å²) in [6.45, 7) is 1.58. The summed E-state index contributed by atoms with van der Waals surface area (Å²) in [5.41, 5.74) is 5.51. The zero-order valence-corrected chi connectivity index (χ0v) is 9.61. The van der Waals surface area contributed by atoms with Crippen LogP contribution in [0.5, 0.6) is 0 Å². The van der Waals surface area contributed by atoms with Gasteiger partial charge in [-0.05, 0) is 52.8 Å². The van der Waals surface area contributed by atoms with Crippen LogP contribution in [0.2, 0.25) is 0 Å². The fraction of sp³-hybridized carbons (Fsp3) is 0.333. The maximum absolute atomic E-state index is 12.5. The van der Waals surface area contributed by atoms with Gasteiger partial charge in [-0.3, -0.25) is 0 Å². The third-order valence-electron chi connectivity index (χ3n) is 1.92. The highest BCUT2D eigenvalue weighted by Crippen LogP contribution is 2.33. The van der Waals surface area contributed by atoms with Crippen molar-refractivity contribution in [1.82, 2.24) is 0 Å². The number of halogens is 4. The first-order valence-corrected chi connectivity index (χ1v) is 5.00. The van der Waals surface area contributed by atoms with E-state index in [1.165, 1.54) is 13.0 Å². The van der Waals surface area contributed by atoms with Gasteiger partial charge in [0.05, 0.1) is 5.56 Å². The Morgan fingerprint density at radius 2 is 1.93 bits per heavy atom.